The van der Waals surface area contributed by atoms with Crippen molar-refractivity contribution in [2.45, 2.75) is 0 Å². The van der Waals surface area contributed by atoms with Gasteiger partial charge in [0.1, 0.15) is 0 Å². The van der Waals surface area contributed by atoms with Crippen molar-refractivity contribution in [3.05, 3.63) is 64.1 Å². The van der Waals surface area contributed by atoms with Crippen LogP contribution in [-0.2, 0) is 9.59 Å². The van der Waals surface area contributed by atoms with E-state index in [0.29, 0.717) is 10.7 Å². The summed E-state index contributed by atoms with van der Waals surface area (Å²) in [5.74, 6) is -3.09. The van der Waals surface area contributed by atoms with Crippen LogP contribution in [0.4, 0.5) is 5.69 Å². The highest BCUT2D eigenvalue weighted by atomic mass is 35.5. The Hall–Kier alpha value is -2.81. The van der Waals surface area contributed by atoms with E-state index in [1.165, 1.54) is 23.1 Å². The maximum Gasteiger partial charge on any atom is 0.272 e. The highest BCUT2D eigenvalue weighted by Gasteiger charge is 2.38. The Morgan fingerprint density at radius 1 is 1.18 bits per heavy atom. The number of halogens is 2. The van der Waals surface area contributed by atoms with E-state index >= 15 is 0 Å². The Bertz CT molecular complexity index is 998. The predicted octanol–water partition coefficient (Wildman–Crippen LogP) is 2.77. The fourth-order valence-electron chi connectivity index (χ4n) is 2.45. The number of carbonyl (C=O) groups excluding carboxylic acids is 3. The first kappa shape index (κ1) is 19.9. The molecule has 2 N–H and O–H groups in total. The maximum absolute atomic E-state index is 12.7. The van der Waals surface area contributed by atoms with E-state index in [-0.39, 0.29) is 15.7 Å². The molecular weight excluding hydrogens is 423 g/mol. The van der Waals surface area contributed by atoms with E-state index < -0.39 is 23.6 Å². The lowest BCUT2D eigenvalue weighted by molar-refractivity contribution is -0.130. The molecule has 0 aromatic heterocycles. The van der Waals surface area contributed by atoms with E-state index in [2.05, 4.69) is 15.8 Å². The van der Waals surface area contributed by atoms with Gasteiger partial charge in [0, 0.05) is 11.2 Å². The Labute approximate surface area is 175 Å². The van der Waals surface area contributed by atoms with Crippen molar-refractivity contribution in [1.82, 2.24) is 10.7 Å². The summed E-state index contributed by atoms with van der Waals surface area (Å²) < 4.78 is 0. The van der Waals surface area contributed by atoms with Crippen LogP contribution in [0.15, 0.2) is 53.6 Å². The first-order chi connectivity index (χ1) is 13.4. The fourth-order valence-corrected chi connectivity index (χ4v) is 3.24. The second-order valence-corrected chi connectivity index (χ2v) is 6.85. The molecule has 1 aliphatic rings. The fraction of sp³-hybridized carbons (Fsp3) is 0.0556. The highest BCUT2D eigenvalue weighted by Crippen LogP contribution is 2.21. The van der Waals surface area contributed by atoms with Gasteiger partial charge in [-0.1, -0.05) is 41.4 Å². The number of anilines is 1. The summed E-state index contributed by atoms with van der Waals surface area (Å²) in [6, 6.07) is 13.0. The second kappa shape index (κ2) is 8.47. The number of carbonyl (C=O) groups is 3. The van der Waals surface area contributed by atoms with Crippen LogP contribution < -0.4 is 15.6 Å². The predicted molar refractivity (Wildman–Crippen MR) is 111 cm³/mol. The number of hydrazone groups is 1. The number of hydrogen-bond acceptors (Lipinski definition) is 5. The molecule has 3 amide bonds. The van der Waals surface area contributed by atoms with Crippen molar-refractivity contribution >= 4 is 70.2 Å². The van der Waals surface area contributed by atoms with Crippen LogP contribution in [0.1, 0.15) is 10.4 Å². The summed E-state index contributed by atoms with van der Waals surface area (Å²) in [7, 11) is 0. The molecule has 1 heterocycles. The van der Waals surface area contributed by atoms with Crippen molar-refractivity contribution < 1.29 is 14.4 Å². The molecule has 1 atom stereocenters. The van der Waals surface area contributed by atoms with E-state index in [4.69, 9.17) is 35.4 Å². The number of nitrogens with one attached hydrogen (secondary N) is 2. The molecule has 2 aromatic rings. The third-order valence-corrected chi connectivity index (χ3v) is 4.61. The molecule has 1 aliphatic heterocycles. The van der Waals surface area contributed by atoms with Crippen LogP contribution in [0.25, 0.3) is 0 Å². The molecular formula is C18H12Cl2N4O3S. The number of benzene rings is 2. The van der Waals surface area contributed by atoms with Crippen molar-refractivity contribution in [3.63, 3.8) is 0 Å². The lowest BCUT2D eigenvalue weighted by Crippen LogP contribution is -2.58. The molecule has 0 spiro atoms. The third kappa shape index (κ3) is 4.19. The first-order valence-corrected chi connectivity index (χ1v) is 9.07. The molecule has 3 rings (SSSR count). The Morgan fingerprint density at radius 2 is 1.89 bits per heavy atom. The lowest BCUT2D eigenvalue weighted by Gasteiger charge is -2.30. The minimum atomic E-state index is -1.26. The van der Waals surface area contributed by atoms with Gasteiger partial charge in [0.15, 0.2) is 11.0 Å². The topological polar surface area (TPSA) is 90.9 Å². The average Bonchev–Trinajstić information content (AvgIpc) is 2.65. The Balaban J connectivity index is 1.75. The SMILES string of the molecule is O=C(N/N=C\[C@H]1C(=O)NC(=S)N(c2ccccc2)C1=O)c1ccc(Cl)cc1Cl. The summed E-state index contributed by atoms with van der Waals surface area (Å²) in [5.41, 5.74) is 2.89. The molecule has 28 heavy (non-hydrogen) atoms. The van der Waals surface area contributed by atoms with Crippen LogP contribution in [-0.4, -0.2) is 29.0 Å². The summed E-state index contributed by atoms with van der Waals surface area (Å²) in [6.07, 6.45) is 1.04. The monoisotopic (exact) mass is 434 g/mol. The van der Waals surface area contributed by atoms with Gasteiger partial charge in [0.2, 0.25) is 5.91 Å². The molecule has 10 heteroatoms. The van der Waals surface area contributed by atoms with Crippen LogP contribution in [0.5, 0.6) is 0 Å². The lowest BCUT2D eigenvalue weighted by atomic mass is 10.1. The summed E-state index contributed by atoms with van der Waals surface area (Å²) in [6.45, 7) is 0. The Kier molecular flexibility index (Phi) is 6.03. The summed E-state index contributed by atoms with van der Waals surface area (Å²) in [4.78, 5) is 38.2. The summed E-state index contributed by atoms with van der Waals surface area (Å²) >= 11 is 16.9. The Morgan fingerprint density at radius 3 is 2.57 bits per heavy atom. The van der Waals surface area contributed by atoms with Crippen LogP contribution in [0, 0.1) is 5.92 Å². The van der Waals surface area contributed by atoms with Gasteiger partial charge in [-0.25, -0.2) is 5.43 Å². The van der Waals surface area contributed by atoms with Gasteiger partial charge in [-0.2, -0.15) is 5.10 Å². The molecule has 7 nitrogen and oxygen atoms in total. The molecule has 0 saturated carbocycles. The smallest absolute Gasteiger partial charge is 0.272 e. The maximum atomic E-state index is 12.7. The van der Waals surface area contributed by atoms with Gasteiger partial charge in [-0.15, -0.1) is 0 Å². The third-order valence-electron chi connectivity index (χ3n) is 3.78. The van der Waals surface area contributed by atoms with Crippen molar-refractivity contribution in [2.24, 2.45) is 11.0 Å². The minimum Gasteiger partial charge on any atom is -0.301 e. The van der Waals surface area contributed by atoms with Crippen molar-refractivity contribution in [1.29, 1.82) is 0 Å². The molecule has 142 valence electrons. The number of nitrogens with zero attached hydrogens (tertiary/aromatic N) is 2. The quantitative estimate of drug-likeness (QED) is 0.335. The van der Waals surface area contributed by atoms with Gasteiger partial charge in [0.05, 0.1) is 16.3 Å². The van der Waals surface area contributed by atoms with Crippen molar-refractivity contribution in [3.8, 4) is 0 Å². The van der Waals surface area contributed by atoms with Gasteiger partial charge < -0.3 is 5.32 Å². The molecule has 2 aromatic carbocycles. The zero-order valence-corrected chi connectivity index (χ0v) is 16.4. The zero-order valence-electron chi connectivity index (χ0n) is 14.1. The molecule has 1 fully saturated rings. The second-order valence-electron chi connectivity index (χ2n) is 5.62. The zero-order chi connectivity index (χ0) is 20.3. The highest BCUT2D eigenvalue weighted by molar-refractivity contribution is 7.80. The van der Waals surface area contributed by atoms with E-state index in [9.17, 15) is 14.4 Å². The number of amides is 3. The number of hydrogen-bond donors (Lipinski definition) is 2. The van der Waals surface area contributed by atoms with E-state index in [1.807, 2.05) is 0 Å². The van der Waals surface area contributed by atoms with E-state index in [1.54, 1.807) is 30.3 Å². The van der Waals surface area contributed by atoms with Gasteiger partial charge >= 0.3 is 0 Å². The molecule has 1 saturated heterocycles. The average molecular weight is 435 g/mol. The van der Waals surface area contributed by atoms with Gasteiger partial charge in [-0.3, -0.25) is 19.3 Å². The normalized spacial score (nSPS) is 17.0. The molecule has 0 unspecified atom stereocenters. The number of para-hydroxylation sites is 1. The standard InChI is InChI=1S/C18H12Cl2N4O3S/c19-10-6-7-12(14(20)8-10)16(26)23-21-9-13-15(25)22-18(28)24(17(13)27)11-4-2-1-3-5-11/h1-9,13H,(H,23,26)(H,22,25,28)/b21-9-/t13-/m0/s1. The largest absolute Gasteiger partial charge is 0.301 e. The van der Waals surface area contributed by atoms with Gasteiger partial charge in [0.25, 0.3) is 11.8 Å². The summed E-state index contributed by atoms with van der Waals surface area (Å²) in [5, 5.41) is 6.67. The molecule has 0 radical (unpaired) electrons. The first-order valence-electron chi connectivity index (χ1n) is 7.91. The van der Waals surface area contributed by atoms with Crippen molar-refractivity contribution in [2.75, 3.05) is 4.90 Å². The molecule has 0 aliphatic carbocycles. The van der Waals surface area contributed by atoms with Crippen LogP contribution >= 0.6 is 35.4 Å². The molecule has 0 bridgehead atoms. The number of rotatable bonds is 4. The minimum absolute atomic E-state index is 0.0252. The number of thiocarbonyl (C=S) groups is 1. The van der Waals surface area contributed by atoms with Gasteiger partial charge in [-0.05, 0) is 42.5 Å². The van der Waals surface area contributed by atoms with Crippen LogP contribution in [0.2, 0.25) is 10.0 Å². The van der Waals surface area contributed by atoms with E-state index in [0.717, 1.165) is 6.21 Å². The van der Waals surface area contributed by atoms with Crippen LogP contribution in [0.3, 0.4) is 0 Å².